The van der Waals surface area contributed by atoms with Crippen LogP contribution in [0.4, 0.5) is 5.69 Å². The summed E-state index contributed by atoms with van der Waals surface area (Å²) < 4.78 is 34.5. The predicted octanol–water partition coefficient (Wildman–Crippen LogP) is 6.49. The fraction of sp³-hybridized carbons (Fsp3) is 0.333. The molecule has 0 aliphatic heterocycles. The lowest BCUT2D eigenvalue weighted by Gasteiger charge is -2.33. The molecule has 3 rings (SSSR count). The monoisotopic (exact) mass is 653 g/mol. The highest BCUT2D eigenvalue weighted by Gasteiger charge is 2.34. The normalized spacial score (nSPS) is 12.8. The van der Waals surface area contributed by atoms with Gasteiger partial charge in [-0.15, -0.1) is 0 Å². The maximum atomic E-state index is 14.1. The summed E-state index contributed by atoms with van der Waals surface area (Å²) >= 11 is 18.6. The number of hydrogen-bond donors (Lipinski definition) is 1. The van der Waals surface area contributed by atoms with Gasteiger partial charge in [0.2, 0.25) is 11.8 Å². The first-order valence-electron chi connectivity index (χ1n) is 13.2. The Balaban J connectivity index is 2.11. The van der Waals surface area contributed by atoms with E-state index >= 15 is 0 Å². The third kappa shape index (κ3) is 8.10. The SMILES string of the molecule is CC[C@@H](C)NC(=O)[C@H](C)N(Cc1ccc(Cl)c(Cl)c1)C(=O)CN(c1cc(Cl)ccc1OC)S(=O)(=O)c1ccc(C)cc1. The van der Waals surface area contributed by atoms with Crippen LogP contribution in [0.15, 0.2) is 65.6 Å². The Morgan fingerprint density at radius 2 is 1.62 bits per heavy atom. The molecule has 0 spiro atoms. The molecule has 0 heterocycles. The topological polar surface area (TPSA) is 96.0 Å². The molecular formula is C30H34Cl3N3O5S. The predicted molar refractivity (Wildman–Crippen MR) is 168 cm³/mol. The zero-order valence-corrected chi connectivity index (χ0v) is 27.1. The Labute approximate surface area is 262 Å². The molecule has 0 aliphatic rings. The van der Waals surface area contributed by atoms with Crippen LogP contribution in [0, 0.1) is 6.92 Å². The Morgan fingerprint density at radius 3 is 2.21 bits per heavy atom. The van der Waals surface area contributed by atoms with Crippen LogP contribution in [-0.4, -0.2) is 50.9 Å². The highest BCUT2D eigenvalue weighted by Crippen LogP contribution is 2.35. The van der Waals surface area contributed by atoms with Gasteiger partial charge in [0, 0.05) is 17.6 Å². The van der Waals surface area contributed by atoms with E-state index in [9.17, 15) is 18.0 Å². The van der Waals surface area contributed by atoms with Crippen LogP contribution in [0.25, 0.3) is 0 Å². The molecule has 12 heteroatoms. The van der Waals surface area contributed by atoms with Crippen LogP contribution in [0.5, 0.6) is 5.75 Å². The van der Waals surface area contributed by atoms with Gasteiger partial charge in [-0.3, -0.25) is 13.9 Å². The number of benzene rings is 3. The van der Waals surface area contributed by atoms with E-state index < -0.39 is 28.5 Å². The molecule has 0 bridgehead atoms. The van der Waals surface area contributed by atoms with Crippen molar-refractivity contribution in [3.8, 4) is 5.75 Å². The third-order valence-electron chi connectivity index (χ3n) is 6.80. The number of aryl methyl sites for hydroxylation is 1. The maximum Gasteiger partial charge on any atom is 0.264 e. The second-order valence-corrected chi connectivity index (χ2v) is 13.0. The van der Waals surface area contributed by atoms with Crippen molar-refractivity contribution >= 4 is 62.3 Å². The zero-order chi connectivity index (χ0) is 31.2. The molecule has 0 aliphatic carbocycles. The quantitative estimate of drug-likeness (QED) is 0.241. The molecule has 3 aromatic carbocycles. The van der Waals surface area contributed by atoms with Gasteiger partial charge in [-0.05, 0) is 75.2 Å². The Hall–Kier alpha value is -2.98. The maximum absolute atomic E-state index is 14.1. The molecule has 42 heavy (non-hydrogen) atoms. The van der Waals surface area contributed by atoms with Gasteiger partial charge in [-0.25, -0.2) is 8.42 Å². The summed E-state index contributed by atoms with van der Waals surface area (Å²) in [6.07, 6.45) is 0.691. The highest BCUT2D eigenvalue weighted by atomic mass is 35.5. The fourth-order valence-corrected chi connectivity index (χ4v) is 6.00. The van der Waals surface area contributed by atoms with Gasteiger partial charge in [0.1, 0.15) is 18.3 Å². The fourth-order valence-electron chi connectivity index (χ4n) is 4.09. The summed E-state index contributed by atoms with van der Waals surface area (Å²) in [4.78, 5) is 28.6. The molecule has 8 nitrogen and oxygen atoms in total. The highest BCUT2D eigenvalue weighted by molar-refractivity contribution is 7.92. The number of sulfonamides is 1. The average molecular weight is 655 g/mol. The molecule has 0 unspecified atom stereocenters. The van der Waals surface area contributed by atoms with Gasteiger partial charge in [-0.1, -0.05) is 65.5 Å². The van der Waals surface area contributed by atoms with Gasteiger partial charge < -0.3 is 15.0 Å². The number of anilines is 1. The number of amides is 2. The van der Waals surface area contributed by atoms with Crippen LogP contribution in [0.1, 0.15) is 38.3 Å². The number of methoxy groups -OCH3 is 1. The molecule has 0 radical (unpaired) electrons. The van der Waals surface area contributed by atoms with Crippen molar-refractivity contribution in [3.63, 3.8) is 0 Å². The number of halogens is 3. The standard InChI is InChI=1S/C30H34Cl3N3O5S/c1-6-20(3)34-30(38)21(4)35(17-22-9-13-25(32)26(33)15-22)29(37)18-36(27-16-23(31)10-14-28(27)41-5)42(39,40)24-11-7-19(2)8-12-24/h7-16,20-21H,6,17-18H2,1-5H3,(H,34,38)/t20-,21+/m1/s1. The Bertz CT molecular complexity index is 1530. The summed E-state index contributed by atoms with van der Waals surface area (Å²) in [5.41, 5.74) is 1.55. The molecule has 1 N–H and O–H groups in total. The second-order valence-electron chi connectivity index (χ2n) is 9.90. The number of nitrogens with one attached hydrogen (secondary N) is 1. The lowest BCUT2D eigenvalue weighted by molar-refractivity contribution is -0.139. The van der Waals surface area contributed by atoms with E-state index in [0.29, 0.717) is 17.0 Å². The summed E-state index contributed by atoms with van der Waals surface area (Å²) in [6, 6.07) is 14.6. The van der Waals surface area contributed by atoms with Crippen molar-refractivity contribution < 1.29 is 22.7 Å². The Kier molecular flexibility index (Phi) is 11.5. The van der Waals surface area contributed by atoms with Crippen molar-refractivity contribution in [2.75, 3.05) is 18.0 Å². The van der Waals surface area contributed by atoms with Crippen molar-refractivity contribution in [3.05, 3.63) is 86.9 Å². The minimum absolute atomic E-state index is 0.0264. The van der Waals surface area contributed by atoms with Crippen molar-refractivity contribution in [2.45, 2.75) is 57.6 Å². The average Bonchev–Trinajstić information content (AvgIpc) is 2.95. The first kappa shape index (κ1) is 33.5. The lowest BCUT2D eigenvalue weighted by atomic mass is 10.1. The van der Waals surface area contributed by atoms with Gasteiger partial charge in [0.15, 0.2) is 0 Å². The molecule has 226 valence electrons. The van der Waals surface area contributed by atoms with Crippen molar-refractivity contribution in [1.29, 1.82) is 0 Å². The lowest BCUT2D eigenvalue weighted by Crippen LogP contribution is -2.52. The van der Waals surface area contributed by atoms with Crippen LogP contribution in [-0.2, 0) is 26.2 Å². The molecular weight excluding hydrogens is 621 g/mol. The van der Waals surface area contributed by atoms with E-state index in [4.69, 9.17) is 39.5 Å². The number of rotatable bonds is 12. The molecule has 0 saturated heterocycles. The van der Waals surface area contributed by atoms with Crippen LogP contribution in [0.3, 0.4) is 0 Å². The molecule has 0 saturated carbocycles. The molecule has 0 aromatic heterocycles. The number of hydrogen-bond acceptors (Lipinski definition) is 5. The first-order valence-corrected chi connectivity index (χ1v) is 15.8. The van der Waals surface area contributed by atoms with E-state index in [1.165, 1.54) is 36.3 Å². The minimum Gasteiger partial charge on any atom is -0.495 e. The number of ether oxygens (including phenoxy) is 1. The second kappa shape index (κ2) is 14.5. The van der Waals surface area contributed by atoms with Crippen LogP contribution >= 0.6 is 34.8 Å². The van der Waals surface area contributed by atoms with Crippen molar-refractivity contribution in [1.82, 2.24) is 10.2 Å². The summed E-state index contributed by atoms with van der Waals surface area (Å²) in [5.74, 6) is -0.821. The molecule has 2 amide bonds. The number of nitrogens with zero attached hydrogens (tertiary/aromatic N) is 2. The number of carbonyl (C=O) groups is 2. The van der Waals surface area contributed by atoms with E-state index in [-0.39, 0.29) is 44.9 Å². The van der Waals surface area contributed by atoms with Gasteiger partial charge in [-0.2, -0.15) is 0 Å². The smallest absolute Gasteiger partial charge is 0.264 e. The van der Waals surface area contributed by atoms with Gasteiger partial charge >= 0.3 is 0 Å². The molecule has 2 atom stereocenters. The molecule has 0 fully saturated rings. The van der Waals surface area contributed by atoms with Crippen molar-refractivity contribution in [2.24, 2.45) is 0 Å². The summed E-state index contributed by atoms with van der Waals surface area (Å²) in [7, 11) is -2.90. The summed E-state index contributed by atoms with van der Waals surface area (Å²) in [5, 5.41) is 3.76. The largest absolute Gasteiger partial charge is 0.495 e. The van der Waals surface area contributed by atoms with E-state index in [0.717, 1.165) is 9.87 Å². The first-order chi connectivity index (χ1) is 19.8. The number of carbonyl (C=O) groups excluding carboxylic acids is 2. The summed E-state index contributed by atoms with van der Waals surface area (Å²) in [6.45, 7) is 6.54. The van der Waals surface area contributed by atoms with E-state index in [1.807, 2.05) is 20.8 Å². The van der Waals surface area contributed by atoms with Crippen LogP contribution in [0.2, 0.25) is 15.1 Å². The van der Waals surface area contributed by atoms with Gasteiger partial charge in [0.25, 0.3) is 10.0 Å². The van der Waals surface area contributed by atoms with E-state index in [1.54, 1.807) is 43.3 Å². The zero-order valence-electron chi connectivity index (χ0n) is 24.0. The Morgan fingerprint density at radius 1 is 0.952 bits per heavy atom. The van der Waals surface area contributed by atoms with Crippen LogP contribution < -0.4 is 14.4 Å². The minimum atomic E-state index is -4.29. The van der Waals surface area contributed by atoms with E-state index in [2.05, 4.69) is 5.32 Å². The third-order valence-corrected chi connectivity index (χ3v) is 9.55. The van der Waals surface area contributed by atoms with Gasteiger partial charge in [0.05, 0.1) is 27.7 Å². The molecule has 3 aromatic rings.